The molecule has 4 N–H and O–H groups in total. The topological polar surface area (TPSA) is 89.8 Å². The van der Waals surface area contributed by atoms with E-state index in [4.69, 9.17) is 0 Å². The lowest BCUT2D eigenvalue weighted by atomic mass is 9.99. The molecule has 0 bridgehead atoms. The van der Waals surface area contributed by atoms with Gasteiger partial charge in [0.25, 0.3) is 0 Å². The SMILES string of the molecule is CCCCCCCCCCCCCC/C=C\CCCCCCCCCCCC(=O)NC(CO)C(O)C(O)CCCCCCCCCCCCCCCCC. The summed E-state index contributed by atoms with van der Waals surface area (Å²) in [5, 5.41) is 33.6. The highest BCUT2D eigenvalue weighted by Crippen LogP contribution is 2.17. The number of carbonyl (C=O) groups excluding carboxylic acids is 1. The highest BCUT2D eigenvalue weighted by atomic mass is 16.3. The van der Waals surface area contributed by atoms with E-state index in [1.165, 1.54) is 205 Å². The Morgan fingerprint density at radius 3 is 1.07 bits per heavy atom. The van der Waals surface area contributed by atoms with E-state index >= 15 is 0 Å². The molecular weight excluding hydrogens is 667 g/mol. The molecule has 0 heterocycles. The first-order valence-corrected chi connectivity index (χ1v) is 24.5. The number of hydrogen-bond donors (Lipinski definition) is 4. The summed E-state index contributed by atoms with van der Waals surface area (Å²) < 4.78 is 0. The van der Waals surface area contributed by atoms with Crippen molar-refractivity contribution < 1.29 is 20.1 Å². The van der Waals surface area contributed by atoms with E-state index < -0.39 is 18.2 Å². The summed E-state index contributed by atoms with van der Waals surface area (Å²) in [5.41, 5.74) is 0. The maximum absolute atomic E-state index is 12.5. The summed E-state index contributed by atoms with van der Waals surface area (Å²) in [6.45, 7) is 4.20. The van der Waals surface area contributed by atoms with Gasteiger partial charge in [0.1, 0.15) is 6.10 Å². The van der Waals surface area contributed by atoms with Crippen LogP contribution in [0.2, 0.25) is 0 Å². The molecule has 0 saturated heterocycles. The molecule has 1 amide bonds. The quantitative estimate of drug-likeness (QED) is 0.0367. The fourth-order valence-electron chi connectivity index (χ4n) is 7.81. The maximum atomic E-state index is 12.5. The molecule has 0 aliphatic carbocycles. The average molecular weight is 764 g/mol. The fraction of sp³-hybridized carbons (Fsp3) is 0.939. The Morgan fingerprint density at radius 2 is 0.741 bits per heavy atom. The van der Waals surface area contributed by atoms with Crippen molar-refractivity contribution in [2.45, 2.75) is 289 Å². The van der Waals surface area contributed by atoms with Crippen LogP contribution < -0.4 is 5.32 Å². The molecule has 322 valence electrons. The van der Waals surface area contributed by atoms with Crippen molar-refractivity contribution in [1.82, 2.24) is 5.32 Å². The molecule has 3 atom stereocenters. The fourth-order valence-corrected chi connectivity index (χ4v) is 7.81. The largest absolute Gasteiger partial charge is 0.394 e. The molecular formula is C49H97NO4. The molecule has 0 radical (unpaired) electrons. The molecule has 0 aromatic heterocycles. The first kappa shape index (κ1) is 53.1. The van der Waals surface area contributed by atoms with Gasteiger partial charge in [-0.25, -0.2) is 0 Å². The molecule has 5 nitrogen and oxygen atoms in total. The van der Waals surface area contributed by atoms with Crippen LogP contribution in [0.5, 0.6) is 0 Å². The van der Waals surface area contributed by atoms with Crippen LogP contribution in [0.3, 0.4) is 0 Å². The Balaban J connectivity index is 3.55. The van der Waals surface area contributed by atoms with E-state index in [-0.39, 0.29) is 12.5 Å². The molecule has 0 aliphatic rings. The number of amides is 1. The normalized spacial score (nSPS) is 13.5. The molecule has 0 aliphatic heterocycles. The second kappa shape index (κ2) is 44.8. The molecule has 5 heteroatoms. The van der Waals surface area contributed by atoms with Gasteiger partial charge in [-0.1, -0.05) is 238 Å². The third kappa shape index (κ3) is 39.3. The van der Waals surface area contributed by atoms with Gasteiger partial charge in [0, 0.05) is 6.42 Å². The summed E-state index contributed by atoms with van der Waals surface area (Å²) >= 11 is 0. The van der Waals surface area contributed by atoms with Crippen molar-refractivity contribution in [2.24, 2.45) is 0 Å². The van der Waals surface area contributed by atoms with Gasteiger partial charge < -0.3 is 20.6 Å². The van der Waals surface area contributed by atoms with E-state index in [9.17, 15) is 20.1 Å². The molecule has 0 rings (SSSR count). The van der Waals surface area contributed by atoms with Gasteiger partial charge in [-0.3, -0.25) is 4.79 Å². The zero-order chi connectivity index (χ0) is 39.4. The van der Waals surface area contributed by atoms with Crippen molar-refractivity contribution in [3.63, 3.8) is 0 Å². The van der Waals surface area contributed by atoms with Gasteiger partial charge in [-0.15, -0.1) is 0 Å². The number of carbonyl (C=O) groups is 1. The second-order valence-corrected chi connectivity index (χ2v) is 17.0. The zero-order valence-electron chi connectivity index (χ0n) is 36.6. The molecule has 3 unspecified atom stereocenters. The van der Waals surface area contributed by atoms with Gasteiger partial charge in [0.05, 0.1) is 18.8 Å². The first-order valence-electron chi connectivity index (χ1n) is 24.5. The van der Waals surface area contributed by atoms with Crippen LogP contribution in [0.25, 0.3) is 0 Å². The Bertz CT molecular complexity index is 758. The lowest BCUT2D eigenvalue weighted by molar-refractivity contribution is -0.124. The standard InChI is InChI=1S/C49H97NO4/c1-3-5-7-9-11-13-15-17-19-20-21-22-23-24-25-26-27-28-30-32-34-36-38-40-42-44-48(53)50-46(45-51)49(54)47(52)43-41-39-37-35-33-31-29-18-16-14-12-10-8-6-4-2/h24-25,46-47,49,51-52,54H,3-23,26-45H2,1-2H3,(H,50,53)/b25-24-. The molecule has 0 saturated carbocycles. The van der Waals surface area contributed by atoms with Gasteiger partial charge in [-0.2, -0.15) is 0 Å². The van der Waals surface area contributed by atoms with Gasteiger partial charge in [0.15, 0.2) is 0 Å². The van der Waals surface area contributed by atoms with Crippen LogP contribution in [0.15, 0.2) is 12.2 Å². The molecule has 0 aromatic carbocycles. The van der Waals surface area contributed by atoms with Crippen LogP contribution in [0.1, 0.15) is 271 Å². The smallest absolute Gasteiger partial charge is 0.220 e. The highest BCUT2D eigenvalue weighted by molar-refractivity contribution is 5.76. The number of aliphatic hydroxyl groups is 3. The summed E-state index contributed by atoms with van der Waals surface area (Å²) in [6, 6.07) is -0.807. The lowest BCUT2D eigenvalue weighted by Gasteiger charge is -2.26. The molecule has 0 spiro atoms. The number of rotatable bonds is 45. The van der Waals surface area contributed by atoms with E-state index in [1.54, 1.807) is 0 Å². The van der Waals surface area contributed by atoms with E-state index in [0.717, 1.165) is 38.5 Å². The maximum Gasteiger partial charge on any atom is 0.220 e. The summed E-state index contributed by atoms with van der Waals surface area (Å²) in [7, 11) is 0. The average Bonchev–Trinajstić information content (AvgIpc) is 3.18. The minimum atomic E-state index is -1.13. The van der Waals surface area contributed by atoms with Gasteiger partial charge >= 0.3 is 0 Å². The van der Waals surface area contributed by atoms with E-state index in [1.807, 2.05) is 0 Å². The minimum absolute atomic E-state index is 0.143. The number of unbranched alkanes of at least 4 members (excludes halogenated alkanes) is 35. The summed E-state index contributed by atoms with van der Waals surface area (Å²) in [6.07, 6.45) is 53.3. The molecule has 54 heavy (non-hydrogen) atoms. The lowest BCUT2D eigenvalue weighted by Crippen LogP contribution is -2.50. The third-order valence-corrected chi connectivity index (χ3v) is 11.6. The first-order chi connectivity index (χ1) is 26.6. The van der Waals surface area contributed by atoms with Gasteiger partial charge in [-0.05, 0) is 38.5 Å². The number of hydrogen-bond acceptors (Lipinski definition) is 4. The van der Waals surface area contributed by atoms with Crippen molar-refractivity contribution >= 4 is 5.91 Å². The molecule has 0 aromatic rings. The van der Waals surface area contributed by atoms with Crippen LogP contribution in [0, 0.1) is 0 Å². The number of nitrogens with one attached hydrogen (secondary N) is 1. The molecule has 0 fully saturated rings. The van der Waals surface area contributed by atoms with Crippen LogP contribution >= 0.6 is 0 Å². The summed E-state index contributed by atoms with van der Waals surface area (Å²) in [5.74, 6) is -0.143. The van der Waals surface area contributed by atoms with Gasteiger partial charge in [0.2, 0.25) is 5.91 Å². The Labute approximate surface area is 338 Å². The Kier molecular flexibility index (Phi) is 44.0. The predicted molar refractivity (Wildman–Crippen MR) is 236 cm³/mol. The minimum Gasteiger partial charge on any atom is -0.394 e. The third-order valence-electron chi connectivity index (χ3n) is 11.6. The summed E-state index contributed by atoms with van der Waals surface area (Å²) in [4.78, 5) is 12.5. The monoisotopic (exact) mass is 764 g/mol. The second-order valence-electron chi connectivity index (χ2n) is 17.0. The van der Waals surface area contributed by atoms with Crippen molar-refractivity contribution in [3.05, 3.63) is 12.2 Å². The highest BCUT2D eigenvalue weighted by Gasteiger charge is 2.26. The zero-order valence-corrected chi connectivity index (χ0v) is 36.6. The van der Waals surface area contributed by atoms with E-state index in [2.05, 4.69) is 31.3 Å². The Hall–Kier alpha value is -0.910. The number of aliphatic hydroxyl groups excluding tert-OH is 3. The van der Waals surface area contributed by atoms with Crippen molar-refractivity contribution in [3.8, 4) is 0 Å². The predicted octanol–water partition coefficient (Wildman–Crippen LogP) is 14.4. The van der Waals surface area contributed by atoms with Crippen molar-refractivity contribution in [2.75, 3.05) is 6.61 Å². The van der Waals surface area contributed by atoms with Crippen molar-refractivity contribution in [1.29, 1.82) is 0 Å². The van der Waals surface area contributed by atoms with E-state index in [0.29, 0.717) is 12.8 Å². The van der Waals surface area contributed by atoms with Crippen LogP contribution in [-0.4, -0.2) is 46.1 Å². The van der Waals surface area contributed by atoms with Crippen LogP contribution in [0.4, 0.5) is 0 Å². The van der Waals surface area contributed by atoms with Crippen LogP contribution in [-0.2, 0) is 4.79 Å². The Morgan fingerprint density at radius 1 is 0.444 bits per heavy atom. The number of allylic oxidation sites excluding steroid dienone is 2.